The third kappa shape index (κ3) is 3.70. The van der Waals surface area contributed by atoms with Gasteiger partial charge in [-0.25, -0.2) is 4.79 Å². The Morgan fingerprint density at radius 3 is 2.74 bits per heavy atom. The second-order valence-corrected chi connectivity index (χ2v) is 4.83. The van der Waals surface area contributed by atoms with Gasteiger partial charge >= 0.3 is 12.6 Å². The summed E-state index contributed by atoms with van der Waals surface area (Å²) < 4.78 is 39.2. The zero-order valence-corrected chi connectivity index (χ0v) is 12.9. The molecule has 0 fully saturated rings. The van der Waals surface area contributed by atoms with Gasteiger partial charge < -0.3 is 14.2 Å². The summed E-state index contributed by atoms with van der Waals surface area (Å²) in [4.78, 5) is 16.9. The number of carbonyl (C=O) groups excluding carboxylic acids is 1. The Labute approximate surface area is 131 Å². The average molecular weight is 329 g/mol. The Kier molecular flexibility index (Phi) is 5.05. The van der Waals surface area contributed by atoms with E-state index in [2.05, 4.69) is 15.0 Å². The van der Waals surface area contributed by atoms with Crippen LogP contribution in [0.4, 0.5) is 8.78 Å². The zero-order chi connectivity index (χ0) is 17.0. The zero-order valence-electron chi connectivity index (χ0n) is 12.9. The molecular formula is C15H17F2NO5. The summed E-state index contributed by atoms with van der Waals surface area (Å²) in [6.07, 6.45) is 1.54. The van der Waals surface area contributed by atoms with Gasteiger partial charge in [0.05, 0.1) is 19.4 Å². The molecule has 6 nitrogen and oxygen atoms in total. The monoisotopic (exact) mass is 329 g/mol. The minimum atomic E-state index is -2.95. The van der Waals surface area contributed by atoms with Crippen molar-refractivity contribution < 1.29 is 32.6 Å². The first-order valence-corrected chi connectivity index (χ1v) is 6.87. The number of alkyl halides is 2. The summed E-state index contributed by atoms with van der Waals surface area (Å²) >= 11 is 0. The number of rotatable bonds is 6. The fraction of sp³-hybridized carbons (Fsp3) is 0.400. The molecule has 8 heteroatoms. The normalized spacial score (nSPS) is 20.0. The van der Waals surface area contributed by atoms with E-state index in [0.717, 1.165) is 0 Å². The molecule has 0 aliphatic carbocycles. The van der Waals surface area contributed by atoms with Crippen molar-refractivity contribution in [3.63, 3.8) is 0 Å². The Hall–Kier alpha value is -2.35. The highest BCUT2D eigenvalue weighted by Crippen LogP contribution is 2.34. The quantitative estimate of drug-likeness (QED) is 0.809. The Balaban J connectivity index is 2.32. The van der Waals surface area contributed by atoms with E-state index in [1.807, 2.05) is 0 Å². The molecule has 0 spiro atoms. The molecule has 1 aromatic rings. The highest BCUT2D eigenvalue weighted by molar-refractivity contribution is 5.86. The second-order valence-electron chi connectivity index (χ2n) is 4.83. The van der Waals surface area contributed by atoms with Crippen LogP contribution in [0.5, 0.6) is 11.5 Å². The van der Waals surface area contributed by atoms with Gasteiger partial charge in [0.15, 0.2) is 11.5 Å². The van der Waals surface area contributed by atoms with E-state index < -0.39 is 18.2 Å². The molecular weight excluding hydrogens is 312 g/mol. The molecule has 1 heterocycles. The average Bonchev–Trinajstić information content (AvgIpc) is 2.91. The summed E-state index contributed by atoms with van der Waals surface area (Å²) in [5.74, 6) is -0.469. The maximum absolute atomic E-state index is 12.4. The maximum atomic E-state index is 12.4. The summed E-state index contributed by atoms with van der Waals surface area (Å²) in [7, 11) is 1.26. The van der Waals surface area contributed by atoms with Gasteiger partial charge in [0.2, 0.25) is 5.60 Å². The standard InChI is InChI=1S/C15H17F2NO5/c1-4-21-12-7-9(5-6-11(12)22-14(16)17)10-8-15(2,23-18-10)13(19)20-3/h5-8,14,18H,4H2,1-3H3. The lowest BCUT2D eigenvalue weighted by Gasteiger charge is -2.16. The molecule has 1 aliphatic rings. The van der Waals surface area contributed by atoms with Crippen LogP contribution in [-0.2, 0) is 14.4 Å². The van der Waals surface area contributed by atoms with Crippen LogP contribution in [0.25, 0.3) is 5.70 Å². The van der Waals surface area contributed by atoms with Gasteiger partial charge in [-0.1, -0.05) is 0 Å². The van der Waals surface area contributed by atoms with Crippen LogP contribution in [0.2, 0.25) is 0 Å². The molecule has 1 aromatic carbocycles. The van der Waals surface area contributed by atoms with Crippen molar-refractivity contribution in [1.82, 2.24) is 5.48 Å². The van der Waals surface area contributed by atoms with Gasteiger partial charge in [0.1, 0.15) is 0 Å². The van der Waals surface area contributed by atoms with Crippen LogP contribution in [0, 0.1) is 0 Å². The Morgan fingerprint density at radius 1 is 1.39 bits per heavy atom. The number of carbonyl (C=O) groups is 1. The number of hydroxylamine groups is 1. The first kappa shape index (κ1) is 17.0. The summed E-state index contributed by atoms with van der Waals surface area (Å²) in [5.41, 5.74) is 2.43. The predicted molar refractivity (Wildman–Crippen MR) is 76.9 cm³/mol. The van der Waals surface area contributed by atoms with Gasteiger partial charge in [-0.2, -0.15) is 8.78 Å². The topological polar surface area (TPSA) is 66.0 Å². The number of halogens is 2. The molecule has 2 rings (SSSR count). The largest absolute Gasteiger partial charge is 0.490 e. The molecule has 0 saturated heterocycles. The molecule has 1 atom stereocenters. The molecule has 1 unspecified atom stereocenters. The van der Waals surface area contributed by atoms with E-state index in [0.29, 0.717) is 11.3 Å². The lowest BCUT2D eigenvalue weighted by molar-refractivity contribution is -0.163. The van der Waals surface area contributed by atoms with E-state index in [4.69, 9.17) is 9.57 Å². The molecule has 23 heavy (non-hydrogen) atoms. The number of nitrogens with one attached hydrogen (secondary N) is 1. The third-order valence-electron chi connectivity index (χ3n) is 3.15. The van der Waals surface area contributed by atoms with E-state index in [1.165, 1.54) is 32.2 Å². The molecule has 0 aromatic heterocycles. The minimum absolute atomic E-state index is 0.0687. The van der Waals surface area contributed by atoms with E-state index in [9.17, 15) is 13.6 Å². The van der Waals surface area contributed by atoms with Crippen molar-refractivity contribution in [3.8, 4) is 11.5 Å². The molecule has 0 bridgehead atoms. The van der Waals surface area contributed by atoms with Crippen LogP contribution in [-0.4, -0.2) is 31.9 Å². The van der Waals surface area contributed by atoms with Gasteiger partial charge in [0, 0.05) is 5.56 Å². The van der Waals surface area contributed by atoms with Crippen molar-refractivity contribution in [3.05, 3.63) is 29.8 Å². The molecule has 1 N–H and O–H groups in total. The van der Waals surface area contributed by atoms with Gasteiger partial charge in [-0.3, -0.25) is 10.3 Å². The fourth-order valence-electron chi connectivity index (χ4n) is 2.08. The minimum Gasteiger partial charge on any atom is -0.490 e. The van der Waals surface area contributed by atoms with E-state index in [1.54, 1.807) is 13.0 Å². The van der Waals surface area contributed by atoms with Crippen LogP contribution in [0.3, 0.4) is 0 Å². The third-order valence-corrected chi connectivity index (χ3v) is 3.15. The number of benzene rings is 1. The maximum Gasteiger partial charge on any atom is 0.387 e. The van der Waals surface area contributed by atoms with Gasteiger partial charge in [0.25, 0.3) is 0 Å². The van der Waals surface area contributed by atoms with Crippen molar-refractivity contribution in [2.45, 2.75) is 26.1 Å². The summed E-state index contributed by atoms with van der Waals surface area (Å²) in [6.45, 7) is 0.598. The van der Waals surface area contributed by atoms with Gasteiger partial charge in [-0.05, 0) is 38.1 Å². The van der Waals surface area contributed by atoms with Crippen LogP contribution < -0.4 is 15.0 Å². The van der Waals surface area contributed by atoms with E-state index >= 15 is 0 Å². The van der Waals surface area contributed by atoms with Gasteiger partial charge in [-0.15, -0.1) is 0 Å². The summed E-state index contributed by atoms with van der Waals surface area (Å²) in [5, 5.41) is 0. The fourth-order valence-corrected chi connectivity index (χ4v) is 2.08. The van der Waals surface area contributed by atoms with Crippen molar-refractivity contribution in [1.29, 1.82) is 0 Å². The van der Waals surface area contributed by atoms with Crippen molar-refractivity contribution >= 4 is 11.7 Å². The lowest BCUT2D eigenvalue weighted by Crippen LogP contribution is -2.36. The number of methoxy groups -OCH3 is 1. The molecule has 0 saturated carbocycles. The van der Waals surface area contributed by atoms with Crippen LogP contribution >= 0.6 is 0 Å². The lowest BCUT2D eigenvalue weighted by atomic mass is 10.0. The smallest absolute Gasteiger partial charge is 0.387 e. The Morgan fingerprint density at radius 2 is 2.13 bits per heavy atom. The summed E-state index contributed by atoms with van der Waals surface area (Å²) in [6, 6.07) is 4.43. The molecule has 126 valence electrons. The van der Waals surface area contributed by atoms with Crippen LogP contribution in [0.1, 0.15) is 19.4 Å². The second kappa shape index (κ2) is 6.82. The highest BCUT2D eigenvalue weighted by Gasteiger charge is 2.39. The van der Waals surface area contributed by atoms with E-state index in [-0.39, 0.29) is 18.1 Å². The predicted octanol–water partition coefficient (Wildman–Crippen LogP) is 2.49. The Bertz CT molecular complexity index is 620. The highest BCUT2D eigenvalue weighted by atomic mass is 19.3. The number of esters is 1. The number of hydrogen-bond acceptors (Lipinski definition) is 6. The van der Waals surface area contributed by atoms with Crippen LogP contribution in [0.15, 0.2) is 24.3 Å². The SMILES string of the molecule is CCOc1cc(C2=CC(C)(C(=O)OC)ON2)ccc1OC(F)F. The number of hydrogen-bond donors (Lipinski definition) is 1. The van der Waals surface area contributed by atoms with Crippen molar-refractivity contribution in [2.75, 3.05) is 13.7 Å². The van der Waals surface area contributed by atoms with Crippen molar-refractivity contribution in [2.24, 2.45) is 0 Å². The first-order valence-electron chi connectivity index (χ1n) is 6.87. The first-order chi connectivity index (χ1) is 10.9. The molecule has 1 aliphatic heterocycles. The molecule has 0 radical (unpaired) electrons. The molecule has 0 amide bonds. The number of ether oxygens (including phenoxy) is 3.